The van der Waals surface area contributed by atoms with Crippen molar-refractivity contribution in [3.05, 3.63) is 46.5 Å². The number of thioether (sulfide) groups is 1. The smallest absolute Gasteiger partial charge is 0.247 e. The lowest BCUT2D eigenvalue weighted by atomic mass is 9.78. The summed E-state index contributed by atoms with van der Waals surface area (Å²) in [7, 11) is 0. The quantitative estimate of drug-likeness (QED) is 0.695. The Kier molecular flexibility index (Phi) is 5.03. The Balaban J connectivity index is 2.57. The maximum Gasteiger partial charge on any atom is 0.247 e. The van der Waals surface area contributed by atoms with E-state index in [0.29, 0.717) is 5.56 Å². The van der Waals surface area contributed by atoms with E-state index in [9.17, 15) is 19.6 Å². The molecule has 8 heteroatoms. The lowest BCUT2D eigenvalue weighted by molar-refractivity contribution is -0.124. The summed E-state index contributed by atoms with van der Waals surface area (Å²) >= 11 is 0.919. The fourth-order valence-electron chi connectivity index (χ4n) is 2.39. The van der Waals surface area contributed by atoms with Crippen LogP contribution in [0.2, 0.25) is 0 Å². The van der Waals surface area contributed by atoms with Gasteiger partial charge in [0.2, 0.25) is 17.7 Å². The van der Waals surface area contributed by atoms with Gasteiger partial charge in [0.15, 0.2) is 0 Å². The van der Waals surface area contributed by atoms with Crippen molar-refractivity contribution in [2.45, 2.75) is 5.92 Å². The second-order valence-electron chi connectivity index (χ2n) is 4.85. The van der Waals surface area contributed by atoms with Gasteiger partial charge in [-0.25, -0.2) is 0 Å². The number of benzene rings is 1. The fourth-order valence-corrected chi connectivity index (χ4v) is 3.23. The molecule has 0 saturated carbocycles. The van der Waals surface area contributed by atoms with Crippen LogP contribution in [0.4, 0.5) is 0 Å². The largest absolute Gasteiger partial charge is 0.369 e. The van der Waals surface area contributed by atoms with Gasteiger partial charge in [-0.05, 0) is 5.56 Å². The van der Waals surface area contributed by atoms with Crippen molar-refractivity contribution in [3.63, 3.8) is 0 Å². The predicted octanol–water partition coefficient (Wildman–Crippen LogP) is -0.0448. The summed E-state index contributed by atoms with van der Waals surface area (Å²) in [6.07, 6.45) is 0. The van der Waals surface area contributed by atoms with Gasteiger partial charge in [-0.15, -0.1) is 0 Å². The van der Waals surface area contributed by atoms with E-state index in [0.717, 1.165) is 11.8 Å². The lowest BCUT2D eigenvalue weighted by Gasteiger charge is -2.30. The molecule has 1 aromatic carbocycles. The van der Waals surface area contributed by atoms with Crippen LogP contribution in [-0.2, 0) is 14.4 Å². The fraction of sp³-hybridized carbons (Fsp3) is 0.200. The third-order valence-electron chi connectivity index (χ3n) is 3.33. The Bertz CT molecular complexity index is 724. The number of amides is 3. The number of hydrogen-bond donors (Lipinski definition) is 3. The summed E-state index contributed by atoms with van der Waals surface area (Å²) in [5.41, 5.74) is 11.3. The molecular formula is C15H14N4O3S. The van der Waals surface area contributed by atoms with Crippen molar-refractivity contribution in [1.29, 1.82) is 5.26 Å². The second kappa shape index (κ2) is 6.98. The van der Waals surface area contributed by atoms with Crippen molar-refractivity contribution in [2.75, 3.05) is 5.75 Å². The van der Waals surface area contributed by atoms with Crippen LogP contribution in [0.15, 0.2) is 40.9 Å². The Morgan fingerprint density at radius 3 is 2.43 bits per heavy atom. The van der Waals surface area contributed by atoms with Gasteiger partial charge in [0.25, 0.3) is 0 Å². The molecule has 0 aliphatic carbocycles. The molecule has 0 bridgehead atoms. The third-order valence-corrected chi connectivity index (χ3v) is 4.37. The van der Waals surface area contributed by atoms with Crippen LogP contribution in [0, 0.1) is 17.2 Å². The molecule has 7 nitrogen and oxygen atoms in total. The van der Waals surface area contributed by atoms with Gasteiger partial charge in [0.1, 0.15) is 5.92 Å². The van der Waals surface area contributed by atoms with Crippen LogP contribution >= 0.6 is 11.8 Å². The van der Waals surface area contributed by atoms with Gasteiger partial charge in [0, 0.05) is 5.92 Å². The molecule has 3 amide bonds. The SMILES string of the molecule is N#CC1C(=O)NC(SCC(N)=O)=C(C(N)=O)C1c1ccccc1. The van der Waals surface area contributed by atoms with E-state index in [1.54, 1.807) is 30.3 Å². The third kappa shape index (κ3) is 3.52. The molecule has 0 fully saturated rings. The highest BCUT2D eigenvalue weighted by Gasteiger charge is 2.41. The Labute approximate surface area is 136 Å². The molecule has 1 aliphatic rings. The highest BCUT2D eigenvalue weighted by atomic mass is 32.2. The minimum atomic E-state index is -1.09. The molecule has 118 valence electrons. The topological polar surface area (TPSA) is 139 Å². The monoisotopic (exact) mass is 330 g/mol. The van der Waals surface area contributed by atoms with E-state index in [1.165, 1.54) is 0 Å². The van der Waals surface area contributed by atoms with Gasteiger partial charge in [-0.2, -0.15) is 5.26 Å². The average molecular weight is 330 g/mol. The van der Waals surface area contributed by atoms with Crippen molar-refractivity contribution in [1.82, 2.24) is 5.32 Å². The highest BCUT2D eigenvalue weighted by Crippen LogP contribution is 2.39. The molecule has 1 aromatic rings. The molecule has 1 aliphatic heterocycles. The highest BCUT2D eigenvalue weighted by molar-refractivity contribution is 8.03. The van der Waals surface area contributed by atoms with Gasteiger partial charge < -0.3 is 16.8 Å². The average Bonchev–Trinajstić information content (AvgIpc) is 2.52. The second-order valence-corrected chi connectivity index (χ2v) is 5.83. The lowest BCUT2D eigenvalue weighted by Crippen LogP contribution is -2.42. The summed E-state index contributed by atoms with van der Waals surface area (Å²) in [5, 5.41) is 12.0. The first-order chi connectivity index (χ1) is 11.0. The molecule has 0 radical (unpaired) electrons. The summed E-state index contributed by atoms with van der Waals surface area (Å²) in [5.74, 6) is -3.89. The Morgan fingerprint density at radius 2 is 1.91 bits per heavy atom. The number of rotatable bonds is 5. The van der Waals surface area contributed by atoms with Gasteiger partial charge >= 0.3 is 0 Å². The van der Waals surface area contributed by atoms with Crippen molar-refractivity contribution < 1.29 is 14.4 Å². The molecular weight excluding hydrogens is 316 g/mol. The molecule has 0 spiro atoms. The van der Waals surface area contributed by atoms with Crippen molar-refractivity contribution in [2.24, 2.45) is 17.4 Å². The molecule has 2 rings (SSSR count). The number of nitriles is 1. The molecule has 0 aromatic heterocycles. The Morgan fingerprint density at radius 1 is 1.26 bits per heavy atom. The van der Waals surface area contributed by atoms with E-state index in [1.807, 2.05) is 6.07 Å². The Hall–Kier alpha value is -2.79. The number of carbonyl (C=O) groups is 3. The van der Waals surface area contributed by atoms with Crippen LogP contribution in [0.1, 0.15) is 11.5 Å². The predicted molar refractivity (Wildman–Crippen MR) is 84.3 cm³/mol. The standard InChI is InChI=1S/C15H14N4O3S/c16-6-9-11(8-4-2-1-3-5-8)12(13(18)21)15(19-14(9)22)23-7-10(17)20/h1-5,9,11H,7H2,(H2,17,20)(H2,18,21)(H,19,22). The van der Waals surface area contributed by atoms with E-state index in [4.69, 9.17) is 11.5 Å². The molecule has 5 N–H and O–H groups in total. The molecule has 1 heterocycles. The summed E-state index contributed by atoms with van der Waals surface area (Å²) in [6.45, 7) is 0. The number of primary amides is 2. The molecule has 2 atom stereocenters. The van der Waals surface area contributed by atoms with Crippen molar-refractivity contribution >= 4 is 29.5 Å². The van der Waals surface area contributed by atoms with E-state index in [2.05, 4.69) is 5.32 Å². The molecule has 2 unspecified atom stereocenters. The van der Waals surface area contributed by atoms with Gasteiger partial charge in [-0.1, -0.05) is 42.1 Å². The molecule has 0 saturated heterocycles. The summed E-state index contributed by atoms with van der Waals surface area (Å²) in [6, 6.07) is 10.6. The van der Waals surface area contributed by atoms with E-state index in [-0.39, 0.29) is 16.4 Å². The zero-order chi connectivity index (χ0) is 17.0. The van der Waals surface area contributed by atoms with Gasteiger partial charge in [0.05, 0.1) is 22.4 Å². The summed E-state index contributed by atoms with van der Waals surface area (Å²) in [4.78, 5) is 35.1. The number of hydrogen-bond acceptors (Lipinski definition) is 5. The van der Waals surface area contributed by atoms with E-state index < -0.39 is 29.6 Å². The first-order valence-electron chi connectivity index (χ1n) is 6.66. The normalized spacial score (nSPS) is 20.6. The number of carbonyl (C=O) groups excluding carboxylic acids is 3. The van der Waals surface area contributed by atoms with Gasteiger partial charge in [-0.3, -0.25) is 14.4 Å². The van der Waals surface area contributed by atoms with E-state index >= 15 is 0 Å². The van der Waals surface area contributed by atoms with Crippen LogP contribution in [0.5, 0.6) is 0 Å². The minimum absolute atomic E-state index is 0.105. The molecule has 23 heavy (non-hydrogen) atoms. The van der Waals surface area contributed by atoms with Crippen LogP contribution < -0.4 is 16.8 Å². The maximum atomic E-state index is 12.2. The van der Waals surface area contributed by atoms with Crippen LogP contribution in [0.3, 0.4) is 0 Å². The maximum absolute atomic E-state index is 12.2. The zero-order valence-electron chi connectivity index (χ0n) is 12.0. The first-order valence-corrected chi connectivity index (χ1v) is 7.64. The van der Waals surface area contributed by atoms with Crippen LogP contribution in [0.25, 0.3) is 0 Å². The minimum Gasteiger partial charge on any atom is -0.369 e. The zero-order valence-corrected chi connectivity index (χ0v) is 12.8. The number of nitrogens with zero attached hydrogens (tertiary/aromatic N) is 1. The first kappa shape index (κ1) is 16.6. The number of nitrogens with one attached hydrogen (secondary N) is 1. The van der Waals surface area contributed by atoms with Crippen molar-refractivity contribution in [3.8, 4) is 6.07 Å². The number of nitrogens with two attached hydrogens (primary N) is 2. The summed E-state index contributed by atoms with van der Waals surface area (Å²) < 4.78 is 0. The van der Waals surface area contributed by atoms with Crippen LogP contribution in [-0.4, -0.2) is 23.5 Å².